The maximum absolute atomic E-state index is 6.11. The van der Waals surface area contributed by atoms with Gasteiger partial charge in [-0.25, -0.2) is 0 Å². The zero-order valence-electron chi connectivity index (χ0n) is 11.9. The Balaban J connectivity index is 1.73. The zero-order valence-corrected chi connectivity index (χ0v) is 11.9. The summed E-state index contributed by atoms with van der Waals surface area (Å²) < 4.78 is 6.11. The monoisotopic (exact) mass is 259 g/mol. The van der Waals surface area contributed by atoms with Gasteiger partial charge in [0, 0.05) is 0 Å². The fourth-order valence-electron chi connectivity index (χ4n) is 2.50. The van der Waals surface area contributed by atoms with Gasteiger partial charge in [-0.05, 0) is 44.3 Å². The van der Waals surface area contributed by atoms with E-state index in [2.05, 4.69) is 48.7 Å². The van der Waals surface area contributed by atoms with Crippen LogP contribution >= 0.6 is 0 Å². The summed E-state index contributed by atoms with van der Waals surface area (Å²) in [4.78, 5) is 0. The molecule has 0 aromatic heterocycles. The van der Waals surface area contributed by atoms with Crippen molar-refractivity contribution >= 4 is 6.08 Å². The molecule has 0 spiro atoms. The fourth-order valence-corrected chi connectivity index (χ4v) is 2.50. The molecule has 2 nitrogen and oxygen atoms in total. The molecule has 2 heteroatoms. The molecule has 0 saturated heterocycles. The molecule has 1 aromatic rings. The SMILES string of the molecule is CCNCCC1(OC/C=C/c2ccccc2)CCC1. The first-order chi connectivity index (χ1) is 9.35. The van der Waals surface area contributed by atoms with Crippen molar-refractivity contribution in [2.24, 2.45) is 0 Å². The molecule has 0 heterocycles. The average Bonchev–Trinajstić information content (AvgIpc) is 2.41. The Morgan fingerprint density at radius 1 is 1.26 bits per heavy atom. The average molecular weight is 259 g/mol. The zero-order chi connectivity index (χ0) is 13.4. The van der Waals surface area contributed by atoms with E-state index < -0.39 is 0 Å². The van der Waals surface area contributed by atoms with Crippen LogP contribution in [-0.4, -0.2) is 25.3 Å². The van der Waals surface area contributed by atoms with Crippen LogP contribution in [0.25, 0.3) is 6.08 Å². The Kier molecular flexibility index (Phi) is 5.62. The molecule has 1 aromatic carbocycles. The predicted molar refractivity (Wildman–Crippen MR) is 81.2 cm³/mol. The predicted octanol–water partition coefficient (Wildman–Crippen LogP) is 3.64. The lowest BCUT2D eigenvalue weighted by atomic mass is 9.77. The fraction of sp³-hybridized carbons (Fsp3) is 0.529. The second-order valence-corrected chi connectivity index (χ2v) is 5.26. The maximum atomic E-state index is 6.11. The van der Waals surface area contributed by atoms with E-state index >= 15 is 0 Å². The molecular weight excluding hydrogens is 234 g/mol. The van der Waals surface area contributed by atoms with E-state index in [1.165, 1.54) is 24.8 Å². The third-order valence-electron chi connectivity index (χ3n) is 3.87. The summed E-state index contributed by atoms with van der Waals surface area (Å²) >= 11 is 0. The van der Waals surface area contributed by atoms with Crippen LogP contribution in [0, 0.1) is 0 Å². The van der Waals surface area contributed by atoms with Crippen molar-refractivity contribution in [3.63, 3.8) is 0 Å². The van der Waals surface area contributed by atoms with Gasteiger partial charge in [0.2, 0.25) is 0 Å². The molecule has 0 aliphatic heterocycles. The lowest BCUT2D eigenvalue weighted by Gasteiger charge is -2.41. The summed E-state index contributed by atoms with van der Waals surface area (Å²) in [5, 5.41) is 3.39. The van der Waals surface area contributed by atoms with Crippen molar-refractivity contribution in [3.05, 3.63) is 42.0 Å². The van der Waals surface area contributed by atoms with Gasteiger partial charge in [0.1, 0.15) is 0 Å². The molecular formula is C17H25NO. The van der Waals surface area contributed by atoms with Crippen molar-refractivity contribution < 1.29 is 4.74 Å². The van der Waals surface area contributed by atoms with E-state index in [0.717, 1.165) is 26.1 Å². The molecule has 1 fully saturated rings. The van der Waals surface area contributed by atoms with Gasteiger partial charge in [-0.15, -0.1) is 0 Å². The molecule has 0 unspecified atom stereocenters. The van der Waals surface area contributed by atoms with Gasteiger partial charge < -0.3 is 10.1 Å². The largest absolute Gasteiger partial charge is 0.371 e. The minimum atomic E-state index is 0.156. The normalized spacial score (nSPS) is 17.5. The first-order valence-electron chi connectivity index (χ1n) is 7.41. The second-order valence-electron chi connectivity index (χ2n) is 5.26. The van der Waals surface area contributed by atoms with Gasteiger partial charge >= 0.3 is 0 Å². The second kappa shape index (κ2) is 7.46. The third-order valence-corrected chi connectivity index (χ3v) is 3.87. The van der Waals surface area contributed by atoms with E-state index in [9.17, 15) is 0 Å². The smallest absolute Gasteiger partial charge is 0.0699 e. The van der Waals surface area contributed by atoms with Crippen LogP contribution in [0.5, 0.6) is 0 Å². The van der Waals surface area contributed by atoms with Gasteiger partial charge in [-0.2, -0.15) is 0 Å². The number of rotatable bonds is 8. The van der Waals surface area contributed by atoms with Crippen molar-refractivity contribution in [3.8, 4) is 0 Å². The number of benzene rings is 1. The molecule has 0 bridgehead atoms. The van der Waals surface area contributed by atoms with Crippen LogP contribution in [0.4, 0.5) is 0 Å². The van der Waals surface area contributed by atoms with Gasteiger partial charge in [0.15, 0.2) is 0 Å². The number of nitrogens with one attached hydrogen (secondary N) is 1. The standard InChI is InChI=1S/C17H25NO/c1-2-18-14-13-17(11-7-12-17)19-15-6-10-16-8-4-3-5-9-16/h3-6,8-10,18H,2,7,11-15H2,1H3/b10-6+. The van der Waals surface area contributed by atoms with Crippen LogP contribution in [-0.2, 0) is 4.74 Å². The maximum Gasteiger partial charge on any atom is 0.0699 e. The molecule has 0 amide bonds. The van der Waals surface area contributed by atoms with Gasteiger partial charge in [-0.3, -0.25) is 0 Å². The van der Waals surface area contributed by atoms with Crippen molar-refractivity contribution in [1.29, 1.82) is 0 Å². The minimum Gasteiger partial charge on any atom is -0.371 e. The minimum absolute atomic E-state index is 0.156. The molecule has 104 valence electrons. The molecule has 2 rings (SSSR count). The summed E-state index contributed by atoms with van der Waals surface area (Å²) in [6, 6.07) is 10.4. The lowest BCUT2D eigenvalue weighted by molar-refractivity contribution is -0.0928. The van der Waals surface area contributed by atoms with Crippen molar-refractivity contribution in [2.45, 2.75) is 38.2 Å². The number of hydrogen-bond acceptors (Lipinski definition) is 2. The molecule has 19 heavy (non-hydrogen) atoms. The summed E-state index contributed by atoms with van der Waals surface area (Å²) in [6.07, 6.45) is 9.16. The Hall–Kier alpha value is -1.12. The molecule has 0 radical (unpaired) electrons. The third kappa shape index (κ3) is 4.48. The van der Waals surface area contributed by atoms with Crippen LogP contribution in [0.15, 0.2) is 36.4 Å². The number of ether oxygens (including phenoxy) is 1. The summed E-state index contributed by atoms with van der Waals surface area (Å²) in [6.45, 7) is 4.99. The highest BCUT2D eigenvalue weighted by molar-refractivity contribution is 5.48. The van der Waals surface area contributed by atoms with Crippen molar-refractivity contribution in [2.75, 3.05) is 19.7 Å². The van der Waals surface area contributed by atoms with Crippen LogP contribution in [0.1, 0.15) is 38.2 Å². The highest BCUT2D eigenvalue weighted by atomic mass is 16.5. The van der Waals surface area contributed by atoms with E-state index in [-0.39, 0.29) is 5.60 Å². The van der Waals surface area contributed by atoms with Gasteiger partial charge in [0.05, 0.1) is 12.2 Å². The summed E-state index contributed by atoms with van der Waals surface area (Å²) in [7, 11) is 0. The van der Waals surface area contributed by atoms with Gasteiger partial charge in [-0.1, -0.05) is 49.4 Å². The first kappa shape index (κ1) is 14.3. The molecule has 0 atom stereocenters. The topological polar surface area (TPSA) is 21.3 Å². The van der Waals surface area contributed by atoms with Crippen molar-refractivity contribution in [1.82, 2.24) is 5.32 Å². The van der Waals surface area contributed by atoms with Crippen LogP contribution < -0.4 is 5.32 Å². The number of hydrogen-bond donors (Lipinski definition) is 1. The highest BCUT2D eigenvalue weighted by Crippen LogP contribution is 2.38. The lowest BCUT2D eigenvalue weighted by Crippen LogP contribution is -2.42. The molecule has 1 aliphatic rings. The van der Waals surface area contributed by atoms with E-state index in [4.69, 9.17) is 4.74 Å². The Morgan fingerprint density at radius 2 is 2.05 bits per heavy atom. The van der Waals surface area contributed by atoms with E-state index in [1.54, 1.807) is 0 Å². The highest BCUT2D eigenvalue weighted by Gasteiger charge is 2.36. The first-order valence-corrected chi connectivity index (χ1v) is 7.41. The summed E-state index contributed by atoms with van der Waals surface area (Å²) in [5.74, 6) is 0. The summed E-state index contributed by atoms with van der Waals surface area (Å²) in [5.41, 5.74) is 1.39. The Labute approximate surface area is 116 Å². The molecule has 1 N–H and O–H groups in total. The Bertz CT molecular complexity index is 382. The van der Waals surface area contributed by atoms with E-state index in [0.29, 0.717) is 0 Å². The molecule has 1 saturated carbocycles. The van der Waals surface area contributed by atoms with Crippen LogP contribution in [0.3, 0.4) is 0 Å². The quantitative estimate of drug-likeness (QED) is 0.720. The molecule has 1 aliphatic carbocycles. The van der Waals surface area contributed by atoms with E-state index in [1.807, 2.05) is 6.07 Å². The van der Waals surface area contributed by atoms with Gasteiger partial charge in [0.25, 0.3) is 0 Å². The Morgan fingerprint density at radius 3 is 2.68 bits per heavy atom. The van der Waals surface area contributed by atoms with Crippen LogP contribution in [0.2, 0.25) is 0 Å².